The maximum absolute atomic E-state index is 15.2. The molecular formula is C65H117N11O14. The van der Waals surface area contributed by atoms with Crippen LogP contribution in [-0.2, 0) is 57.5 Å². The monoisotopic (exact) mass is 1280 g/mol. The van der Waals surface area contributed by atoms with E-state index < -0.39 is 161 Å². The summed E-state index contributed by atoms with van der Waals surface area (Å²) in [6.45, 7) is 30.4. The molecule has 14 atom stereocenters. The van der Waals surface area contributed by atoms with Gasteiger partial charge in [-0.15, -0.1) is 0 Å². The fourth-order valence-corrected chi connectivity index (χ4v) is 11.5. The number of likely N-dealkylation sites (N-methyl/N-ethyl adjacent to an activating group) is 7. The van der Waals surface area contributed by atoms with E-state index in [9.17, 15) is 53.4 Å². The van der Waals surface area contributed by atoms with Crippen molar-refractivity contribution in [1.29, 1.82) is 0 Å². The van der Waals surface area contributed by atoms with Crippen LogP contribution in [0, 0.1) is 35.5 Å². The number of rotatable bonds is 19. The van der Waals surface area contributed by atoms with Crippen molar-refractivity contribution < 1.29 is 67.7 Å². The van der Waals surface area contributed by atoms with Gasteiger partial charge in [0.05, 0.1) is 12.2 Å². The summed E-state index contributed by atoms with van der Waals surface area (Å²) in [5, 5.41) is 32.6. The number of nitrogens with one attached hydrogen (secondary N) is 4. The number of allylic oxidation sites excluding steroid dienone is 1. The number of carbonyl (C=O) groups excluding carboxylic acids is 11. The van der Waals surface area contributed by atoms with Crippen molar-refractivity contribution in [2.75, 3.05) is 62.0 Å². The van der Waals surface area contributed by atoms with Crippen molar-refractivity contribution in [3.05, 3.63) is 12.2 Å². The average Bonchev–Trinajstić information content (AvgIpc) is 0.848. The quantitative estimate of drug-likeness (QED) is 0.0801. The van der Waals surface area contributed by atoms with E-state index in [0.29, 0.717) is 12.8 Å². The number of aliphatic hydroxyl groups excluding tert-OH is 2. The topological polar surface area (TPSA) is 308 Å². The lowest BCUT2D eigenvalue weighted by Crippen LogP contribution is -2.64. The van der Waals surface area contributed by atoms with Crippen LogP contribution in [0.15, 0.2) is 12.2 Å². The summed E-state index contributed by atoms with van der Waals surface area (Å²) in [4.78, 5) is 171. The number of carbonyl (C=O) groups is 11. The van der Waals surface area contributed by atoms with E-state index in [1.165, 1.54) is 87.6 Å². The predicted molar refractivity (Wildman–Crippen MR) is 345 cm³/mol. The van der Waals surface area contributed by atoms with Gasteiger partial charge < -0.3 is 70.5 Å². The molecule has 1 aliphatic heterocycles. The number of hydrogen-bond acceptors (Lipinski definition) is 14. The molecule has 0 radical (unpaired) electrons. The van der Waals surface area contributed by atoms with Gasteiger partial charge in [-0.3, -0.25) is 52.7 Å². The van der Waals surface area contributed by atoms with Crippen molar-refractivity contribution >= 4 is 65.0 Å². The number of amides is 11. The van der Waals surface area contributed by atoms with Gasteiger partial charge in [-0.1, -0.05) is 95.2 Å². The van der Waals surface area contributed by atoms with Crippen molar-refractivity contribution in [2.45, 2.75) is 242 Å². The van der Waals surface area contributed by atoms with E-state index >= 15 is 9.59 Å². The fourth-order valence-electron chi connectivity index (χ4n) is 11.5. The first kappa shape index (κ1) is 81.8. The van der Waals surface area contributed by atoms with Gasteiger partial charge in [0.15, 0.2) is 0 Å². The minimum atomic E-state index is -1.66. The first-order valence-electron chi connectivity index (χ1n) is 32.4. The lowest BCUT2D eigenvalue weighted by molar-refractivity contribution is -0.157. The zero-order valence-corrected chi connectivity index (χ0v) is 58.9. The van der Waals surface area contributed by atoms with Gasteiger partial charge in [-0.25, -0.2) is 0 Å². The van der Waals surface area contributed by atoms with Gasteiger partial charge in [-0.2, -0.15) is 0 Å². The molecule has 0 aliphatic carbocycles. The molecule has 1 saturated heterocycles. The van der Waals surface area contributed by atoms with Crippen molar-refractivity contribution in [3.63, 3.8) is 0 Å². The normalized spacial score (nSPS) is 27.2. The van der Waals surface area contributed by atoms with Crippen LogP contribution in [0.1, 0.15) is 163 Å². The molecule has 0 aromatic carbocycles. The fraction of sp³-hybridized carbons (Fsp3) is 0.800. The third-order valence-electron chi connectivity index (χ3n) is 17.0. The first-order chi connectivity index (χ1) is 41.7. The highest BCUT2D eigenvalue weighted by Gasteiger charge is 2.46. The van der Waals surface area contributed by atoms with Crippen LogP contribution in [0.4, 0.5) is 0 Å². The van der Waals surface area contributed by atoms with Crippen molar-refractivity contribution in [3.8, 4) is 0 Å². The van der Waals surface area contributed by atoms with Gasteiger partial charge in [-0.05, 0) is 110 Å². The van der Waals surface area contributed by atoms with Gasteiger partial charge in [0.2, 0.25) is 65.0 Å². The molecule has 25 nitrogen and oxygen atoms in total. The molecule has 90 heavy (non-hydrogen) atoms. The van der Waals surface area contributed by atoms with E-state index in [-0.39, 0.29) is 63.2 Å². The lowest BCUT2D eigenvalue weighted by atomic mass is 9.93. The van der Waals surface area contributed by atoms with Crippen LogP contribution < -0.4 is 21.3 Å². The minimum Gasteiger partial charge on any atom is -0.396 e. The van der Waals surface area contributed by atoms with Gasteiger partial charge in [0, 0.05) is 68.0 Å². The third-order valence-corrected chi connectivity index (χ3v) is 17.0. The van der Waals surface area contributed by atoms with Crippen molar-refractivity contribution in [1.82, 2.24) is 55.6 Å². The lowest BCUT2D eigenvalue weighted by Gasteiger charge is -2.41. The molecular weight excluding hydrogens is 1160 g/mol. The van der Waals surface area contributed by atoms with Crippen LogP contribution in [0.3, 0.4) is 0 Å². The van der Waals surface area contributed by atoms with Gasteiger partial charge in [0.25, 0.3) is 0 Å². The Morgan fingerprint density at radius 1 is 0.489 bits per heavy atom. The number of nitrogens with zero attached hydrogens (tertiary/aromatic N) is 7. The van der Waals surface area contributed by atoms with Crippen LogP contribution in [0.5, 0.6) is 0 Å². The van der Waals surface area contributed by atoms with Crippen LogP contribution in [0.2, 0.25) is 0 Å². The largest absolute Gasteiger partial charge is 0.396 e. The molecule has 1 rings (SSSR count). The molecule has 1 unspecified atom stereocenters. The third kappa shape index (κ3) is 22.3. The Labute approximate surface area is 537 Å². The second-order valence-corrected chi connectivity index (χ2v) is 26.6. The van der Waals surface area contributed by atoms with Crippen molar-refractivity contribution in [2.24, 2.45) is 35.5 Å². The second kappa shape index (κ2) is 38.0. The summed E-state index contributed by atoms with van der Waals surface area (Å²) in [6.07, 6.45) is 1.89. The highest BCUT2D eigenvalue weighted by Crippen LogP contribution is 2.26. The molecule has 0 saturated carbocycles. The predicted octanol–water partition coefficient (Wildman–Crippen LogP) is 2.79. The molecule has 1 fully saturated rings. The molecule has 11 amide bonds. The number of ether oxygens (including phenoxy) is 1. The van der Waals surface area contributed by atoms with Crippen LogP contribution >= 0.6 is 0 Å². The maximum Gasteiger partial charge on any atom is 0.246 e. The minimum absolute atomic E-state index is 0.0183. The van der Waals surface area contributed by atoms with E-state index in [0.717, 1.165) is 9.80 Å². The van der Waals surface area contributed by atoms with Gasteiger partial charge >= 0.3 is 0 Å². The number of aliphatic hydroxyl groups is 2. The summed E-state index contributed by atoms with van der Waals surface area (Å²) in [7, 11) is 8.42. The maximum atomic E-state index is 15.2. The van der Waals surface area contributed by atoms with E-state index in [2.05, 4.69) is 21.3 Å². The Hall–Kier alpha value is -6.21. The Morgan fingerprint density at radius 2 is 0.944 bits per heavy atom. The van der Waals surface area contributed by atoms with Crippen LogP contribution in [-0.4, -0.2) is 250 Å². The molecule has 1 heterocycles. The summed E-state index contributed by atoms with van der Waals surface area (Å²) in [5.41, 5.74) is 0. The second-order valence-electron chi connectivity index (χ2n) is 26.6. The summed E-state index contributed by atoms with van der Waals surface area (Å²) in [6, 6.07) is -14.3. The molecule has 516 valence electrons. The zero-order chi connectivity index (χ0) is 69.7. The summed E-state index contributed by atoms with van der Waals surface area (Å²) >= 11 is 0. The molecule has 6 N–H and O–H groups in total. The standard InChI is InChI=1S/C65H117N11O14/c1-25-30-41(14)54(78)53-58(82)68-46(26-2)61(85)76(27-3)44(17)60(84)74(23)52(45(18)90-32-29-28-31-77)57(81)69-50(39(10)11)64(88)70(19)47(33-36(4)5)56(80)66-42(15)55(79)67-43(16)59(83)71(20)48(34-37(6)7)62(86)72(21)49(35-38(8)9)63(87)73(22)51(40(12)13)65(89)75(53)24/h25,30,36-54,77-78H,26-29,31-35H2,1-24H3,(H,66,80)(H,67,79)(H,68,82)(H,69,81)/b30-25+/t41-,42+,43-,44-,45-,46+,47+,48+,49+,50+,51+,52?,53+,54-/m1/s1. The van der Waals surface area contributed by atoms with E-state index in [4.69, 9.17) is 4.74 Å². The van der Waals surface area contributed by atoms with E-state index in [1.807, 2.05) is 41.5 Å². The summed E-state index contributed by atoms with van der Waals surface area (Å²) < 4.78 is 6.12. The highest BCUT2D eigenvalue weighted by atomic mass is 16.5. The molecule has 1 aliphatic rings. The Bertz CT molecular complexity index is 2440. The number of unbranched alkanes of at least 4 members (excludes halogenated alkanes) is 1. The van der Waals surface area contributed by atoms with Gasteiger partial charge in [0.1, 0.15) is 66.5 Å². The zero-order valence-electron chi connectivity index (χ0n) is 58.9. The number of hydrogen-bond donors (Lipinski definition) is 6. The summed E-state index contributed by atoms with van der Waals surface area (Å²) in [5.74, 6) is -10.3. The first-order valence-corrected chi connectivity index (χ1v) is 32.4. The smallest absolute Gasteiger partial charge is 0.246 e. The SMILES string of the molecule is C/C=C/[C@@H](C)[C@@H](O)[C@H]1C(=O)N[C@@H](CC)C(=O)N(CC)[C@H](C)C(=O)N(C)C([C@@H](C)OCCCCO)C(=O)N[C@@H](C(C)C)C(=O)N(C)[C@@H](CC(C)C)C(=O)N[C@@H](C)C(=O)N[C@H](C)C(=O)N(C)[C@@H](CC(C)C)C(=O)N(C)[C@@H](CC(C)C)C(=O)N(C)[C@@H](C(C)C)C(=O)N1C. The molecule has 0 aromatic rings. The Balaban J connectivity index is 4.47. The average molecular weight is 1280 g/mol. The van der Waals surface area contributed by atoms with Crippen LogP contribution in [0.25, 0.3) is 0 Å². The molecule has 0 aromatic heterocycles. The van der Waals surface area contributed by atoms with E-state index in [1.54, 1.807) is 74.5 Å². The molecule has 0 spiro atoms. The molecule has 25 heteroatoms. The Morgan fingerprint density at radius 3 is 1.41 bits per heavy atom. The highest BCUT2D eigenvalue weighted by molar-refractivity contribution is 6.00. The molecule has 0 bridgehead atoms. The Kier molecular flexibility index (Phi) is 34.5.